The monoisotopic (exact) mass is 439 g/mol. The summed E-state index contributed by atoms with van der Waals surface area (Å²) in [5, 5.41) is 8.35. The number of benzene rings is 2. The molecule has 5 nitrogen and oxygen atoms in total. The molecule has 0 radical (unpaired) electrons. The second-order valence-corrected chi connectivity index (χ2v) is 7.75. The smallest absolute Gasteiger partial charge is 0.257 e. The Morgan fingerprint density at radius 3 is 2.66 bits per heavy atom. The van der Waals surface area contributed by atoms with E-state index in [2.05, 4.69) is 27.0 Å². The van der Waals surface area contributed by atoms with E-state index in [1.54, 1.807) is 21.4 Å². The third-order valence-electron chi connectivity index (χ3n) is 5.62. The van der Waals surface area contributed by atoms with E-state index < -0.39 is 23.5 Å². The van der Waals surface area contributed by atoms with Gasteiger partial charge in [0.15, 0.2) is 0 Å². The molecule has 9 heteroatoms. The Balaban J connectivity index is 1.64. The zero-order chi connectivity index (χ0) is 22.5. The van der Waals surface area contributed by atoms with Crippen LogP contribution in [0.15, 0.2) is 42.7 Å². The third kappa shape index (κ3) is 3.42. The molecule has 0 spiro atoms. The Hall–Kier alpha value is -3.67. The molecule has 162 valence electrons. The van der Waals surface area contributed by atoms with Crippen molar-refractivity contribution < 1.29 is 17.6 Å². The van der Waals surface area contributed by atoms with E-state index in [1.165, 1.54) is 30.6 Å². The number of aromatic nitrogens is 4. The molecule has 0 unspecified atom stereocenters. The highest BCUT2D eigenvalue weighted by Gasteiger charge is 2.49. The van der Waals surface area contributed by atoms with Gasteiger partial charge in [-0.25, -0.2) is 17.6 Å². The Bertz CT molecular complexity index is 1400. The number of hydrogen-bond acceptors (Lipinski definition) is 4. The molecule has 32 heavy (non-hydrogen) atoms. The predicted octanol–water partition coefficient (Wildman–Crippen LogP) is 5.11. The van der Waals surface area contributed by atoms with Crippen molar-refractivity contribution in [2.45, 2.75) is 26.2 Å². The van der Waals surface area contributed by atoms with Gasteiger partial charge in [-0.2, -0.15) is 4.98 Å². The first-order valence-electron chi connectivity index (χ1n) is 10.1. The van der Waals surface area contributed by atoms with Crippen LogP contribution in [0.4, 0.5) is 29.1 Å². The molecule has 1 aliphatic rings. The van der Waals surface area contributed by atoms with E-state index in [0.717, 1.165) is 0 Å². The van der Waals surface area contributed by atoms with E-state index in [4.69, 9.17) is 0 Å². The van der Waals surface area contributed by atoms with Crippen LogP contribution in [0.5, 0.6) is 0 Å². The van der Waals surface area contributed by atoms with Gasteiger partial charge in [0.2, 0.25) is 0 Å². The third-order valence-corrected chi connectivity index (χ3v) is 5.62. The quantitative estimate of drug-likeness (QED) is 0.328. The highest BCUT2D eigenvalue weighted by molar-refractivity contribution is 5.93. The molecule has 0 atom stereocenters. The fourth-order valence-electron chi connectivity index (χ4n) is 3.72. The first-order valence-corrected chi connectivity index (χ1v) is 10.1. The lowest BCUT2D eigenvalue weighted by Crippen LogP contribution is -2.19. The summed E-state index contributed by atoms with van der Waals surface area (Å²) >= 11 is 0. The van der Waals surface area contributed by atoms with Crippen LogP contribution in [-0.4, -0.2) is 32.6 Å². The van der Waals surface area contributed by atoms with Crippen LogP contribution in [-0.2, 0) is 0 Å². The normalized spacial score (nSPS) is 14.6. The van der Waals surface area contributed by atoms with Crippen LogP contribution in [0.1, 0.15) is 25.3 Å². The Labute approximate surface area is 180 Å². The van der Waals surface area contributed by atoms with Gasteiger partial charge >= 0.3 is 0 Å². The minimum atomic E-state index is -2.53. The van der Waals surface area contributed by atoms with Crippen molar-refractivity contribution in [1.29, 1.82) is 0 Å². The SMILES string of the molecule is CCN(c1cc(F)cc(C#CC2(C(F)F)CC2)c1)c1nc2nncn2c2ccc(F)cc12. The largest absolute Gasteiger partial charge is 0.326 e. The summed E-state index contributed by atoms with van der Waals surface area (Å²) in [6.45, 7) is 2.22. The lowest BCUT2D eigenvalue weighted by Gasteiger charge is -2.24. The predicted molar refractivity (Wildman–Crippen MR) is 112 cm³/mol. The summed E-state index contributed by atoms with van der Waals surface area (Å²) in [6.07, 6.45) is -0.382. The van der Waals surface area contributed by atoms with Gasteiger partial charge in [0.05, 0.1) is 10.9 Å². The topological polar surface area (TPSA) is 46.3 Å². The molecule has 4 aromatic rings. The Morgan fingerprint density at radius 2 is 1.94 bits per heavy atom. The Morgan fingerprint density at radius 1 is 1.12 bits per heavy atom. The summed E-state index contributed by atoms with van der Waals surface area (Å²) in [6, 6.07) is 8.39. The summed E-state index contributed by atoms with van der Waals surface area (Å²) in [5.41, 5.74) is 0.0502. The molecule has 2 aromatic carbocycles. The van der Waals surface area contributed by atoms with Crippen molar-refractivity contribution >= 4 is 28.2 Å². The van der Waals surface area contributed by atoms with Crippen LogP contribution >= 0.6 is 0 Å². The first-order chi connectivity index (χ1) is 15.4. The molecular weight excluding hydrogens is 422 g/mol. The maximum Gasteiger partial charge on any atom is 0.257 e. The van der Waals surface area contributed by atoms with Crippen LogP contribution in [0.2, 0.25) is 0 Å². The molecule has 2 aromatic heterocycles. The number of fused-ring (bicyclic) bond motifs is 3. The number of anilines is 2. The number of alkyl halides is 2. The first kappa shape index (κ1) is 20.2. The van der Waals surface area contributed by atoms with E-state index in [9.17, 15) is 17.6 Å². The van der Waals surface area contributed by atoms with Gasteiger partial charge in [-0.3, -0.25) is 4.40 Å². The average molecular weight is 439 g/mol. The van der Waals surface area contributed by atoms with Crippen molar-refractivity contribution in [3.05, 3.63) is 59.9 Å². The van der Waals surface area contributed by atoms with Gasteiger partial charge in [-0.15, -0.1) is 10.2 Å². The van der Waals surface area contributed by atoms with Gasteiger partial charge in [0, 0.05) is 23.2 Å². The van der Waals surface area contributed by atoms with Gasteiger partial charge in [-0.05, 0) is 56.2 Å². The maximum atomic E-state index is 14.5. The molecule has 1 aliphatic carbocycles. The van der Waals surface area contributed by atoms with Crippen molar-refractivity contribution in [3.63, 3.8) is 0 Å². The van der Waals surface area contributed by atoms with Crippen molar-refractivity contribution in [3.8, 4) is 11.8 Å². The number of hydrogen-bond donors (Lipinski definition) is 0. The summed E-state index contributed by atoms with van der Waals surface area (Å²) in [5.74, 6) is 5.00. The molecule has 1 saturated carbocycles. The van der Waals surface area contributed by atoms with E-state index in [1.807, 2.05) is 6.92 Å². The number of halogens is 4. The van der Waals surface area contributed by atoms with Gasteiger partial charge in [0.1, 0.15) is 23.8 Å². The lowest BCUT2D eigenvalue weighted by atomic mass is 10.1. The summed E-state index contributed by atoms with van der Waals surface area (Å²) in [4.78, 5) is 6.22. The van der Waals surface area contributed by atoms with Crippen molar-refractivity contribution in [2.75, 3.05) is 11.4 Å². The molecular formula is C23H17F4N5. The zero-order valence-electron chi connectivity index (χ0n) is 17.0. The molecule has 0 aliphatic heterocycles. The highest BCUT2D eigenvalue weighted by atomic mass is 19.3. The van der Waals surface area contributed by atoms with Crippen LogP contribution in [0.25, 0.3) is 16.7 Å². The molecule has 0 bridgehead atoms. The molecule has 0 N–H and O–H groups in total. The standard InChI is InChI=1S/C23H17F4N5/c1-2-31(17-10-14(9-16(25)11-17)5-6-23(7-8-23)21(26)27)20-18-12-15(24)3-4-19(18)32-13-28-30-22(32)29-20/h3-4,9-13,21H,2,7-8H2,1H3. The van der Waals surface area contributed by atoms with Crippen LogP contribution in [0.3, 0.4) is 0 Å². The van der Waals surface area contributed by atoms with Gasteiger partial charge < -0.3 is 4.90 Å². The highest BCUT2D eigenvalue weighted by Crippen LogP contribution is 2.50. The van der Waals surface area contributed by atoms with Crippen molar-refractivity contribution in [1.82, 2.24) is 19.6 Å². The second-order valence-electron chi connectivity index (χ2n) is 7.75. The zero-order valence-corrected chi connectivity index (χ0v) is 17.0. The van der Waals surface area contributed by atoms with Crippen LogP contribution < -0.4 is 4.90 Å². The summed E-state index contributed by atoms with van der Waals surface area (Å²) in [7, 11) is 0. The minimum Gasteiger partial charge on any atom is -0.326 e. The molecule has 5 rings (SSSR count). The molecule has 0 saturated heterocycles. The molecule has 1 fully saturated rings. The number of rotatable bonds is 4. The fourth-order valence-corrected chi connectivity index (χ4v) is 3.72. The van der Waals surface area contributed by atoms with Crippen LogP contribution in [0, 0.1) is 28.9 Å². The minimum absolute atomic E-state index is 0.282. The fraction of sp³-hybridized carbons (Fsp3) is 0.261. The molecule has 2 heterocycles. The van der Waals surface area contributed by atoms with E-state index >= 15 is 0 Å². The van der Waals surface area contributed by atoms with E-state index in [-0.39, 0.29) is 5.56 Å². The summed E-state index contributed by atoms with van der Waals surface area (Å²) < 4.78 is 56.6. The van der Waals surface area contributed by atoms with Gasteiger partial charge in [-0.1, -0.05) is 11.8 Å². The maximum absolute atomic E-state index is 14.5. The number of nitrogens with zero attached hydrogens (tertiary/aromatic N) is 5. The lowest BCUT2D eigenvalue weighted by molar-refractivity contribution is 0.0921. The van der Waals surface area contributed by atoms with E-state index in [0.29, 0.717) is 47.6 Å². The Kier molecular flexibility index (Phi) is 4.73. The second kappa shape index (κ2) is 7.48. The average Bonchev–Trinajstić information content (AvgIpc) is 3.42. The van der Waals surface area contributed by atoms with Gasteiger partial charge in [0.25, 0.3) is 12.2 Å². The molecule has 0 amide bonds. The van der Waals surface area contributed by atoms with Crippen molar-refractivity contribution in [2.24, 2.45) is 5.41 Å².